The van der Waals surface area contributed by atoms with Gasteiger partial charge < -0.3 is 10.2 Å². The number of benzene rings is 1. The minimum Gasteiger partial charge on any atom is -0.364 e. The van der Waals surface area contributed by atoms with Crippen LogP contribution in [0.15, 0.2) is 36.4 Å². The second kappa shape index (κ2) is 7.96. The van der Waals surface area contributed by atoms with E-state index in [2.05, 4.69) is 41.5 Å². The van der Waals surface area contributed by atoms with Crippen LogP contribution in [0.1, 0.15) is 43.0 Å². The number of nitriles is 1. The Bertz CT molecular complexity index is 792. The van der Waals surface area contributed by atoms with Crippen LogP contribution in [0.5, 0.6) is 0 Å². The minimum atomic E-state index is 0.150. The Morgan fingerprint density at radius 2 is 2.04 bits per heavy atom. The van der Waals surface area contributed by atoms with Crippen molar-refractivity contribution in [1.82, 2.24) is 15.1 Å². The molecule has 6 nitrogen and oxygen atoms in total. The van der Waals surface area contributed by atoms with Crippen LogP contribution >= 0.6 is 0 Å². The molecule has 1 atom stereocenters. The third-order valence-corrected chi connectivity index (χ3v) is 4.67. The number of hydrogen-bond acceptors (Lipinski definition) is 5. The molecule has 0 bridgehead atoms. The zero-order valence-electron chi connectivity index (χ0n) is 15.1. The molecule has 0 radical (unpaired) electrons. The number of carbonyl (C=O) groups excluding carboxylic acids is 1. The summed E-state index contributed by atoms with van der Waals surface area (Å²) >= 11 is 0. The Hall–Kier alpha value is -2.94. The number of anilines is 1. The first-order chi connectivity index (χ1) is 12.5. The molecule has 0 spiro atoms. The topological polar surface area (TPSA) is 81.9 Å². The zero-order chi connectivity index (χ0) is 18.5. The van der Waals surface area contributed by atoms with Crippen LogP contribution in [0.4, 0.5) is 5.82 Å². The summed E-state index contributed by atoms with van der Waals surface area (Å²) in [5.41, 5.74) is 2.63. The van der Waals surface area contributed by atoms with Crippen molar-refractivity contribution >= 4 is 11.7 Å². The molecule has 1 aliphatic rings. The molecular weight excluding hydrogens is 326 g/mol. The largest absolute Gasteiger partial charge is 0.364 e. The van der Waals surface area contributed by atoms with Gasteiger partial charge in [-0.05, 0) is 35.6 Å². The predicted molar refractivity (Wildman–Crippen MR) is 99.6 cm³/mol. The molecule has 1 saturated heterocycles. The predicted octanol–water partition coefficient (Wildman–Crippen LogP) is 2.73. The molecule has 1 aromatic heterocycles. The Kier molecular flexibility index (Phi) is 5.47. The number of aromatic nitrogens is 2. The average molecular weight is 349 g/mol. The fourth-order valence-corrected chi connectivity index (χ4v) is 3.09. The van der Waals surface area contributed by atoms with E-state index in [0.29, 0.717) is 30.4 Å². The van der Waals surface area contributed by atoms with Gasteiger partial charge in [-0.25, -0.2) is 0 Å². The molecule has 1 N–H and O–H groups in total. The zero-order valence-corrected chi connectivity index (χ0v) is 15.1. The van der Waals surface area contributed by atoms with E-state index in [4.69, 9.17) is 5.26 Å². The molecule has 1 amide bonds. The molecule has 1 fully saturated rings. The second-order valence-electron chi connectivity index (χ2n) is 6.96. The van der Waals surface area contributed by atoms with Crippen LogP contribution in [-0.2, 0) is 11.2 Å². The van der Waals surface area contributed by atoms with Gasteiger partial charge in [0.15, 0.2) is 5.69 Å². The van der Waals surface area contributed by atoms with Gasteiger partial charge in [0.1, 0.15) is 11.9 Å². The summed E-state index contributed by atoms with van der Waals surface area (Å²) in [6, 6.07) is 13.8. The molecule has 0 saturated carbocycles. The van der Waals surface area contributed by atoms with Crippen LogP contribution in [-0.4, -0.2) is 40.1 Å². The lowest BCUT2D eigenvalue weighted by atomic mass is 10.0. The standard InChI is InChI=1S/C20H23N5O/c1-14(2)16-5-3-15(4-6-16)11-20(26)25-10-9-18(13-25)22-19-8-7-17(12-21)23-24-19/h3-8,14,18H,9-11,13H2,1-2H3,(H,22,24)/t18-/m1/s1. The lowest BCUT2D eigenvalue weighted by molar-refractivity contribution is -0.129. The van der Waals surface area contributed by atoms with Crippen LogP contribution in [0, 0.1) is 11.3 Å². The summed E-state index contributed by atoms with van der Waals surface area (Å²) < 4.78 is 0. The van der Waals surface area contributed by atoms with Crippen molar-refractivity contribution in [2.75, 3.05) is 18.4 Å². The first kappa shape index (κ1) is 17.9. The molecule has 6 heteroatoms. The lowest BCUT2D eigenvalue weighted by Gasteiger charge is -2.17. The summed E-state index contributed by atoms with van der Waals surface area (Å²) in [4.78, 5) is 14.4. The lowest BCUT2D eigenvalue weighted by Crippen LogP contribution is -2.32. The SMILES string of the molecule is CC(C)c1ccc(CC(=O)N2CC[C@@H](Nc3ccc(C#N)nn3)C2)cc1. The Morgan fingerprint density at radius 1 is 1.27 bits per heavy atom. The molecule has 2 aromatic rings. The second-order valence-corrected chi connectivity index (χ2v) is 6.96. The van der Waals surface area contributed by atoms with Crippen molar-refractivity contribution < 1.29 is 4.79 Å². The van der Waals surface area contributed by atoms with E-state index < -0.39 is 0 Å². The summed E-state index contributed by atoms with van der Waals surface area (Å²) in [5, 5.41) is 19.8. The van der Waals surface area contributed by atoms with E-state index >= 15 is 0 Å². The summed E-state index contributed by atoms with van der Waals surface area (Å²) in [7, 11) is 0. The van der Waals surface area contributed by atoms with E-state index in [0.717, 1.165) is 18.5 Å². The molecule has 2 heterocycles. The van der Waals surface area contributed by atoms with Crippen LogP contribution in [0.25, 0.3) is 0 Å². The van der Waals surface area contributed by atoms with Crippen molar-refractivity contribution in [3.05, 3.63) is 53.2 Å². The van der Waals surface area contributed by atoms with Gasteiger partial charge in [-0.2, -0.15) is 5.26 Å². The van der Waals surface area contributed by atoms with E-state index in [1.807, 2.05) is 23.1 Å². The highest BCUT2D eigenvalue weighted by atomic mass is 16.2. The molecule has 0 aliphatic carbocycles. The van der Waals surface area contributed by atoms with Crippen molar-refractivity contribution in [2.45, 2.75) is 38.6 Å². The fourth-order valence-electron chi connectivity index (χ4n) is 3.09. The Balaban J connectivity index is 1.52. The van der Waals surface area contributed by atoms with Gasteiger partial charge in [-0.15, -0.1) is 10.2 Å². The molecule has 3 rings (SSSR count). The van der Waals surface area contributed by atoms with Crippen molar-refractivity contribution in [1.29, 1.82) is 5.26 Å². The molecule has 1 aromatic carbocycles. The molecule has 134 valence electrons. The quantitative estimate of drug-likeness (QED) is 0.897. The number of nitrogens with zero attached hydrogens (tertiary/aromatic N) is 4. The van der Waals surface area contributed by atoms with E-state index in [9.17, 15) is 4.79 Å². The number of hydrogen-bond donors (Lipinski definition) is 1. The van der Waals surface area contributed by atoms with Gasteiger partial charge in [0, 0.05) is 19.1 Å². The van der Waals surface area contributed by atoms with Gasteiger partial charge in [-0.1, -0.05) is 38.1 Å². The van der Waals surface area contributed by atoms with Gasteiger partial charge in [0.25, 0.3) is 0 Å². The van der Waals surface area contributed by atoms with Gasteiger partial charge >= 0.3 is 0 Å². The minimum absolute atomic E-state index is 0.150. The van der Waals surface area contributed by atoms with Gasteiger partial charge in [-0.3, -0.25) is 4.79 Å². The van der Waals surface area contributed by atoms with Crippen molar-refractivity contribution in [3.63, 3.8) is 0 Å². The molecule has 0 unspecified atom stereocenters. The maximum atomic E-state index is 12.5. The maximum absolute atomic E-state index is 12.5. The smallest absolute Gasteiger partial charge is 0.227 e. The number of likely N-dealkylation sites (tertiary alicyclic amines) is 1. The molecule has 1 aliphatic heterocycles. The highest BCUT2D eigenvalue weighted by Gasteiger charge is 2.26. The van der Waals surface area contributed by atoms with E-state index in [-0.39, 0.29) is 11.9 Å². The maximum Gasteiger partial charge on any atom is 0.227 e. The van der Waals surface area contributed by atoms with Crippen LogP contribution < -0.4 is 5.32 Å². The Labute approximate surface area is 153 Å². The highest BCUT2D eigenvalue weighted by molar-refractivity contribution is 5.79. The van der Waals surface area contributed by atoms with Gasteiger partial charge in [0.05, 0.1) is 6.42 Å². The fraction of sp³-hybridized carbons (Fsp3) is 0.400. The van der Waals surface area contributed by atoms with E-state index in [1.54, 1.807) is 12.1 Å². The Morgan fingerprint density at radius 3 is 2.65 bits per heavy atom. The third-order valence-electron chi connectivity index (χ3n) is 4.67. The van der Waals surface area contributed by atoms with Crippen LogP contribution in [0.3, 0.4) is 0 Å². The molecular formula is C20H23N5O. The average Bonchev–Trinajstić information content (AvgIpc) is 3.11. The van der Waals surface area contributed by atoms with Crippen LogP contribution in [0.2, 0.25) is 0 Å². The summed E-state index contributed by atoms with van der Waals surface area (Å²) in [6.45, 7) is 5.72. The third kappa shape index (κ3) is 4.37. The van der Waals surface area contributed by atoms with Crippen molar-refractivity contribution in [2.24, 2.45) is 0 Å². The van der Waals surface area contributed by atoms with E-state index in [1.165, 1.54) is 5.56 Å². The first-order valence-corrected chi connectivity index (χ1v) is 8.92. The molecule has 26 heavy (non-hydrogen) atoms. The first-order valence-electron chi connectivity index (χ1n) is 8.92. The highest BCUT2D eigenvalue weighted by Crippen LogP contribution is 2.18. The summed E-state index contributed by atoms with van der Waals surface area (Å²) in [6.07, 6.45) is 1.31. The number of rotatable bonds is 5. The van der Waals surface area contributed by atoms with Crippen molar-refractivity contribution in [3.8, 4) is 6.07 Å². The summed E-state index contributed by atoms with van der Waals surface area (Å²) in [5.74, 6) is 1.28. The monoisotopic (exact) mass is 349 g/mol. The number of carbonyl (C=O) groups is 1. The van der Waals surface area contributed by atoms with Gasteiger partial charge in [0.2, 0.25) is 5.91 Å². The normalized spacial score (nSPS) is 16.5. The number of amides is 1. The number of nitrogens with one attached hydrogen (secondary N) is 1.